The van der Waals surface area contributed by atoms with Crippen LogP contribution in [0.3, 0.4) is 0 Å². The summed E-state index contributed by atoms with van der Waals surface area (Å²) in [4.78, 5) is 2.51. The Hall–Kier alpha value is -0.870. The number of morpholine rings is 1. The molecule has 1 atom stereocenters. The smallest absolute Gasteiger partial charge is 0.0665 e. The van der Waals surface area contributed by atoms with Crippen molar-refractivity contribution in [1.29, 1.82) is 0 Å². The minimum atomic E-state index is 0.382. The summed E-state index contributed by atoms with van der Waals surface area (Å²) in [6.07, 6.45) is 1.19. The van der Waals surface area contributed by atoms with E-state index in [4.69, 9.17) is 4.74 Å². The van der Waals surface area contributed by atoms with Gasteiger partial charge in [0, 0.05) is 17.8 Å². The Morgan fingerprint density at radius 2 is 2.31 bits per heavy atom. The molecular formula is C12H21N3O. The number of hydrogen-bond donors (Lipinski definition) is 1. The average Bonchev–Trinajstić information content (AvgIpc) is 2.60. The van der Waals surface area contributed by atoms with Crippen molar-refractivity contribution < 1.29 is 4.74 Å². The zero-order valence-electron chi connectivity index (χ0n) is 10.4. The molecule has 0 saturated carbocycles. The number of nitrogens with zero attached hydrogens (tertiary/aromatic N) is 2. The average molecular weight is 223 g/mol. The molecule has 1 aromatic rings. The van der Waals surface area contributed by atoms with Crippen molar-refractivity contribution >= 4 is 0 Å². The molecule has 1 N–H and O–H groups in total. The Labute approximate surface area is 97.0 Å². The number of aryl methyl sites for hydroxylation is 2. The topological polar surface area (TPSA) is 41.1 Å². The first-order valence-electron chi connectivity index (χ1n) is 6.07. The molecule has 4 nitrogen and oxygen atoms in total. The molecule has 4 heteroatoms. The number of rotatable bonds is 3. The molecule has 2 heterocycles. The van der Waals surface area contributed by atoms with Crippen LogP contribution < -0.4 is 0 Å². The van der Waals surface area contributed by atoms with E-state index in [9.17, 15) is 0 Å². The molecule has 0 spiro atoms. The molecule has 0 amide bonds. The molecule has 2 rings (SSSR count). The highest BCUT2D eigenvalue weighted by molar-refractivity contribution is 5.27. The second-order valence-electron chi connectivity index (χ2n) is 4.47. The lowest BCUT2D eigenvalue weighted by Crippen LogP contribution is -2.40. The number of hydrogen-bond acceptors (Lipinski definition) is 3. The van der Waals surface area contributed by atoms with Gasteiger partial charge in [-0.1, -0.05) is 6.92 Å². The van der Waals surface area contributed by atoms with Crippen LogP contribution in [-0.4, -0.2) is 41.4 Å². The Morgan fingerprint density at radius 3 is 2.94 bits per heavy atom. The third-order valence-electron chi connectivity index (χ3n) is 3.27. The fourth-order valence-electron chi connectivity index (χ4n) is 2.51. The van der Waals surface area contributed by atoms with Crippen molar-refractivity contribution in [2.45, 2.75) is 33.2 Å². The summed E-state index contributed by atoms with van der Waals surface area (Å²) in [5, 5.41) is 7.34. The number of ether oxygens (including phenoxy) is 1. The van der Waals surface area contributed by atoms with Crippen LogP contribution in [-0.2, 0) is 4.74 Å². The predicted molar refractivity (Wildman–Crippen MR) is 63.5 cm³/mol. The van der Waals surface area contributed by atoms with Gasteiger partial charge in [-0.25, -0.2) is 0 Å². The molecule has 0 aromatic carbocycles. The van der Waals surface area contributed by atoms with Gasteiger partial charge in [0.05, 0.1) is 24.9 Å². The van der Waals surface area contributed by atoms with E-state index in [2.05, 4.69) is 35.9 Å². The van der Waals surface area contributed by atoms with E-state index in [1.165, 1.54) is 17.7 Å². The molecule has 0 aliphatic carbocycles. The molecule has 0 bridgehead atoms. The van der Waals surface area contributed by atoms with Gasteiger partial charge in [-0.3, -0.25) is 10.00 Å². The van der Waals surface area contributed by atoms with Crippen molar-refractivity contribution in [3.63, 3.8) is 0 Å². The SMILES string of the molecule is CCCN1CCOCC1c1c(C)n[nH]c1C. The van der Waals surface area contributed by atoms with E-state index < -0.39 is 0 Å². The van der Waals surface area contributed by atoms with E-state index in [0.29, 0.717) is 6.04 Å². The summed E-state index contributed by atoms with van der Waals surface area (Å²) in [7, 11) is 0. The number of nitrogens with one attached hydrogen (secondary N) is 1. The van der Waals surface area contributed by atoms with Crippen LogP contribution in [0.5, 0.6) is 0 Å². The van der Waals surface area contributed by atoms with Crippen LogP contribution in [0, 0.1) is 13.8 Å². The monoisotopic (exact) mass is 223 g/mol. The van der Waals surface area contributed by atoms with Gasteiger partial charge in [0.15, 0.2) is 0 Å². The minimum Gasteiger partial charge on any atom is -0.378 e. The van der Waals surface area contributed by atoms with E-state index in [0.717, 1.165) is 32.0 Å². The lowest BCUT2D eigenvalue weighted by atomic mass is 10.0. The lowest BCUT2D eigenvalue weighted by molar-refractivity contribution is -0.00873. The molecule has 1 aliphatic heterocycles. The molecule has 1 aliphatic rings. The van der Waals surface area contributed by atoms with Gasteiger partial charge in [-0.05, 0) is 26.8 Å². The third-order valence-corrected chi connectivity index (χ3v) is 3.27. The van der Waals surface area contributed by atoms with Gasteiger partial charge in [-0.15, -0.1) is 0 Å². The normalized spacial score (nSPS) is 22.6. The summed E-state index contributed by atoms with van der Waals surface area (Å²) >= 11 is 0. The second kappa shape index (κ2) is 4.97. The van der Waals surface area contributed by atoms with Crippen LogP contribution in [0.15, 0.2) is 0 Å². The third kappa shape index (κ3) is 2.13. The first kappa shape index (κ1) is 11.6. The lowest BCUT2D eigenvalue weighted by Gasteiger charge is -2.35. The van der Waals surface area contributed by atoms with Crippen molar-refractivity contribution in [3.8, 4) is 0 Å². The summed E-state index contributed by atoms with van der Waals surface area (Å²) in [6, 6.07) is 0.382. The molecule has 1 unspecified atom stereocenters. The Balaban J connectivity index is 2.22. The van der Waals surface area contributed by atoms with Crippen molar-refractivity contribution in [3.05, 3.63) is 17.0 Å². The van der Waals surface area contributed by atoms with Gasteiger partial charge in [0.25, 0.3) is 0 Å². The maximum absolute atomic E-state index is 5.61. The van der Waals surface area contributed by atoms with E-state index in [1.807, 2.05) is 0 Å². The van der Waals surface area contributed by atoms with Crippen molar-refractivity contribution in [2.24, 2.45) is 0 Å². The van der Waals surface area contributed by atoms with Crippen LogP contribution in [0.4, 0.5) is 0 Å². The zero-order chi connectivity index (χ0) is 11.5. The second-order valence-corrected chi connectivity index (χ2v) is 4.47. The van der Waals surface area contributed by atoms with Crippen LogP contribution >= 0.6 is 0 Å². The van der Waals surface area contributed by atoms with Gasteiger partial charge < -0.3 is 4.74 Å². The van der Waals surface area contributed by atoms with Gasteiger partial charge in [-0.2, -0.15) is 5.10 Å². The Morgan fingerprint density at radius 1 is 1.50 bits per heavy atom. The summed E-state index contributed by atoms with van der Waals surface area (Å²) in [5.41, 5.74) is 3.61. The quantitative estimate of drug-likeness (QED) is 0.849. The molecule has 0 radical (unpaired) electrons. The molecule has 1 aromatic heterocycles. The van der Waals surface area contributed by atoms with Crippen LogP contribution in [0.2, 0.25) is 0 Å². The largest absolute Gasteiger partial charge is 0.378 e. The fraction of sp³-hybridized carbons (Fsp3) is 0.750. The highest BCUT2D eigenvalue weighted by atomic mass is 16.5. The van der Waals surface area contributed by atoms with Crippen molar-refractivity contribution in [2.75, 3.05) is 26.3 Å². The molecule has 16 heavy (non-hydrogen) atoms. The fourth-order valence-corrected chi connectivity index (χ4v) is 2.51. The molecule has 90 valence electrons. The first-order valence-corrected chi connectivity index (χ1v) is 6.07. The summed E-state index contributed by atoms with van der Waals surface area (Å²) < 4.78 is 5.61. The number of H-pyrrole nitrogens is 1. The predicted octanol–water partition coefficient (Wildman–Crippen LogP) is 1.81. The minimum absolute atomic E-state index is 0.382. The number of aromatic nitrogens is 2. The van der Waals surface area contributed by atoms with Gasteiger partial charge in [0.1, 0.15) is 0 Å². The van der Waals surface area contributed by atoms with E-state index >= 15 is 0 Å². The van der Waals surface area contributed by atoms with Crippen LogP contribution in [0.25, 0.3) is 0 Å². The molecule has 1 saturated heterocycles. The molecular weight excluding hydrogens is 202 g/mol. The Bertz CT molecular complexity index is 327. The zero-order valence-corrected chi connectivity index (χ0v) is 10.4. The van der Waals surface area contributed by atoms with E-state index in [1.54, 1.807) is 0 Å². The maximum atomic E-state index is 5.61. The first-order chi connectivity index (χ1) is 7.74. The Kier molecular flexibility index (Phi) is 3.61. The highest BCUT2D eigenvalue weighted by Crippen LogP contribution is 2.28. The van der Waals surface area contributed by atoms with Gasteiger partial charge >= 0.3 is 0 Å². The van der Waals surface area contributed by atoms with Crippen molar-refractivity contribution in [1.82, 2.24) is 15.1 Å². The van der Waals surface area contributed by atoms with Crippen LogP contribution in [0.1, 0.15) is 36.3 Å². The maximum Gasteiger partial charge on any atom is 0.0665 e. The summed E-state index contributed by atoms with van der Waals surface area (Å²) in [5.74, 6) is 0. The standard InChI is InChI=1S/C12H21N3O/c1-4-5-15-6-7-16-8-11(15)12-9(2)13-14-10(12)3/h11H,4-8H2,1-3H3,(H,13,14). The van der Waals surface area contributed by atoms with E-state index in [-0.39, 0.29) is 0 Å². The van der Waals surface area contributed by atoms with Gasteiger partial charge in [0.2, 0.25) is 0 Å². The summed E-state index contributed by atoms with van der Waals surface area (Å²) in [6.45, 7) is 10.2. The highest BCUT2D eigenvalue weighted by Gasteiger charge is 2.27. The molecule has 1 fully saturated rings. The number of aromatic amines is 1.